The van der Waals surface area contributed by atoms with Gasteiger partial charge in [0.15, 0.2) is 0 Å². The van der Waals surface area contributed by atoms with Gasteiger partial charge in [-0.2, -0.15) is 5.26 Å². The highest BCUT2D eigenvalue weighted by molar-refractivity contribution is 6.31. The van der Waals surface area contributed by atoms with Gasteiger partial charge in [-0.15, -0.1) is 0 Å². The highest BCUT2D eigenvalue weighted by Crippen LogP contribution is 2.23. The van der Waals surface area contributed by atoms with E-state index >= 15 is 0 Å². The molecule has 0 saturated heterocycles. The molecule has 0 atom stereocenters. The minimum absolute atomic E-state index is 0.0524. The van der Waals surface area contributed by atoms with Crippen molar-refractivity contribution in [3.05, 3.63) is 105 Å². The Morgan fingerprint density at radius 1 is 1.03 bits per heavy atom. The number of benzene rings is 3. The van der Waals surface area contributed by atoms with E-state index in [0.29, 0.717) is 17.1 Å². The third kappa shape index (κ3) is 5.13. The molecule has 0 bridgehead atoms. The summed E-state index contributed by atoms with van der Waals surface area (Å²) in [5.74, 6) is -0.424. The van der Waals surface area contributed by atoms with E-state index in [9.17, 15) is 10.1 Å². The highest BCUT2D eigenvalue weighted by atomic mass is 35.5. The molecule has 29 heavy (non-hydrogen) atoms. The fourth-order valence-corrected chi connectivity index (χ4v) is 3.33. The molecule has 0 fully saturated rings. The molecule has 0 spiro atoms. The highest BCUT2D eigenvalue weighted by Gasteiger charge is 2.12. The third-order valence-electron chi connectivity index (χ3n) is 4.69. The Bertz CT molecular complexity index is 1130. The zero-order chi connectivity index (χ0) is 20.8. The maximum Gasteiger partial charge on any atom is 0.266 e. The summed E-state index contributed by atoms with van der Waals surface area (Å²) >= 11 is 6.29. The maximum absolute atomic E-state index is 12.7. The normalized spacial score (nSPS) is 11.0. The first-order chi connectivity index (χ1) is 14.0. The average Bonchev–Trinajstić information content (AvgIpc) is 2.71. The Labute approximate surface area is 176 Å². The van der Waals surface area contributed by atoms with Crippen molar-refractivity contribution in [2.75, 3.05) is 5.32 Å². The van der Waals surface area contributed by atoms with Crippen LogP contribution in [0.1, 0.15) is 27.8 Å². The number of amides is 1. The molecule has 1 N–H and O–H groups in total. The molecule has 0 aliphatic rings. The third-order valence-corrected chi connectivity index (χ3v) is 5.06. The van der Waals surface area contributed by atoms with Crippen LogP contribution in [0.5, 0.6) is 0 Å². The molecule has 1 amide bonds. The van der Waals surface area contributed by atoms with Crippen LogP contribution in [0.15, 0.2) is 72.3 Å². The van der Waals surface area contributed by atoms with E-state index in [2.05, 4.69) is 5.32 Å². The van der Waals surface area contributed by atoms with Crippen molar-refractivity contribution in [3.63, 3.8) is 0 Å². The zero-order valence-corrected chi connectivity index (χ0v) is 17.1. The Balaban J connectivity index is 1.88. The largest absolute Gasteiger partial charge is 0.321 e. The van der Waals surface area contributed by atoms with Crippen LogP contribution in [-0.2, 0) is 11.2 Å². The molecule has 3 aromatic carbocycles. The first-order valence-electron chi connectivity index (χ1n) is 9.29. The molecule has 0 aliphatic carbocycles. The molecule has 3 rings (SSSR count). The second kappa shape index (κ2) is 9.23. The van der Waals surface area contributed by atoms with Gasteiger partial charge >= 0.3 is 0 Å². The first kappa shape index (κ1) is 20.4. The van der Waals surface area contributed by atoms with Crippen LogP contribution in [0.4, 0.5) is 5.69 Å². The second-order valence-electron chi connectivity index (χ2n) is 6.91. The molecular weight excluding hydrogens is 380 g/mol. The molecule has 0 saturated carbocycles. The van der Waals surface area contributed by atoms with E-state index in [-0.39, 0.29) is 5.57 Å². The monoisotopic (exact) mass is 400 g/mol. The first-order valence-corrected chi connectivity index (χ1v) is 9.67. The summed E-state index contributed by atoms with van der Waals surface area (Å²) in [6.07, 6.45) is 2.24. The number of hydrogen-bond donors (Lipinski definition) is 1. The molecule has 0 aliphatic heterocycles. The van der Waals surface area contributed by atoms with E-state index in [1.807, 2.05) is 86.6 Å². The lowest BCUT2D eigenvalue weighted by molar-refractivity contribution is -0.112. The van der Waals surface area contributed by atoms with Gasteiger partial charge in [0.2, 0.25) is 0 Å². The number of nitriles is 1. The van der Waals surface area contributed by atoms with Crippen molar-refractivity contribution in [1.82, 2.24) is 0 Å². The molecule has 0 unspecified atom stereocenters. The van der Waals surface area contributed by atoms with Crippen LogP contribution in [0, 0.1) is 25.2 Å². The molecule has 0 aromatic heterocycles. The zero-order valence-electron chi connectivity index (χ0n) is 16.4. The number of carbonyl (C=O) groups is 1. The molecular formula is C25H21ClN2O. The standard InChI is InChI=1S/C25H21ClN2O/c1-17-11-12-24(18(2)13-17)28-25(29)22(16-27)15-20-8-4-3-7-19(20)14-21-9-5-6-10-23(21)26/h3-13,15H,14H2,1-2H3,(H,28,29)/b22-15+. The van der Waals surface area contributed by atoms with Gasteiger partial charge in [-0.25, -0.2) is 0 Å². The van der Waals surface area contributed by atoms with Crippen LogP contribution in [0.2, 0.25) is 5.02 Å². The number of carbonyl (C=O) groups excluding carboxylic acids is 1. The van der Waals surface area contributed by atoms with E-state index in [4.69, 9.17) is 11.6 Å². The van der Waals surface area contributed by atoms with Gasteiger partial charge in [-0.05, 0) is 60.7 Å². The van der Waals surface area contributed by atoms with Crippen LogP contribution in [0.25, 0.3) is 6.08 Å². The molecule has 3 nitrogen and oxygen atoms in total. The minimum atomic E-state index is -0.424. The van der Waals surface area contributed by atoms with Gasteiger partial charge in [0, 0.05) is 10.7 Å². The van der Waals surface area contributed by atoms with Gasteiger partial charge in [0.05, 0.1) is 0 Å². The topological polar surface area (TPSA) is 52.9 Å². The smallest absolute Gasteiger partial charge is 0.266 e. The fraction of sp³-hybridized carbons (Fsp3) is 0.120. The lowest BCUT2D eigenvalue weighted by Gasteiger charge is -2.10. The number of hydrogen-bond acceptors (Lipinski definition) is 2. The van der Waals surface area contributed by atoms with Crippen LogP contribution in [0.3, 0.4) is 0 Å². The van der Waals surface area contributed by atoms with Gasteiger partial charge in [0.1, 0.15) is 11.6 Å². The Morgan fingerprint density at radius 3 is 2.41 bits per heavy atom. The number of halogens is 1. The lowest BCUT2D eigenvalue weighted by atomic mass is 9.98. The van der Waals surface area contributed by atoms with Gasteiger partial charge in [0.25, 0.3) is 5.91 Å². The van der Waals surface area contributed by atoms with Crippen molar-refractivity contribution >= 4 is 29.3 Å². The lowest BCUT2D eigenvalue weighted by Crippen LogP contribution is -2.14. The summed E-state index contributed by atoms with van der Waals surface area (Å²) in [5.41, 5.74) is 5.63. The SMILES string of the molecule is Cc1ccc(NC(=O)/C(C#N)=C/c2ccccc2Cc2ccccc2Cl)c(C)c1. The van der Waals surface area contributed by atoms with E-state index < -0.39 is 5.91 Å². The van der Waals surface area contributed by atoms with Crippen LogP contribution >= 0.6 is 11.6 Å². The van der Waals surface area contributed by atoms with E-state index in [1.165, 1.54) is 0 Å². The quantitative estimate of drug-likeness (QED) is 0.416. The molecule has 4 heteroatoms. The van der Waals surface area contributed by atoms with Gasteiger partial charge in [-0.3, -0.25) is 4.79 Å². The van der Waals surface area contributed by atoms with Gasteiger partial charge < -0.3 is 5.32 Å². The number of rotatable bonds is 5. The van der Waals surface area contributed by atoms with Crippen LogP contribution < -0.4 is 5.32 Å². The fourth-order valence-electron chi connectivity index (χ4n) is 3.13. The number of nitrogens with one attached hydrogen (secondary N) is 1. The van der Waals surface area contributed by atoms with Crippen molar-refractivity contribution in [1.29, 1.82) is 5.26 Å². The summed E-state index contributed by atoms with van der Waals surface area (Å²) in [5, 5.41) is 13.1. The number of nitrogens with zero attached hydrogens (tertiary/aromatic N) is 1. The van der Waals surface area contributed by atoms with E-state index in [0.717, 1.165) is 27.8 Å². The summed E-state index contributed by atoms with van der Waals surface area (Å²) in [4.78, 5) is 12.7. The Kier molecular flexibility index (Phi) is 6.49. The number of aryl methyl sites for hydroxylation is 2. The molecule has 0 radical (unpaired) electrons. The summed E-state index contributed by atoms with van der Waals surface area (Å²) < 4.78 is 0. The predicted octanol–water partition coefficient (Wildman–Crippen LogP) is 6.09. The average molecular weight is 401 g/mol. The Morgan fingerprint density at radius 2 is 1.72 bits per heavy atom. The minimum Gasteiger partial charge on any atom is -0.321 e. The molecule has 0 heterocycles. The van der Waals surface area contributed by atoms with Crippen LogP contribution in [-0.4, -0.2) is 5.91 Å². The Hall–Kier alpha value is -3.35. The second-order valence-corrected chi connectivity index (χ2v) is 7.32. The maximum atomic E-state index is 12.7. The molecule has 3 aromatic rings. The van der Waals surface area contributed by atoms with Crippen molar-refractivity contribution in [2.24, 2.45) is 0 Å². The predicted molar refractivity (Wildman–Crippen MR) is 119 cm³/mol. The van der Waals surface area contributed by atoms with Crippen molar-refractivity contribution in [2.45, 2.75) is 20.3 Å². The number of anilines is 1. The molecule has 144 valence electrons. The van der Waals surface area contributed by atoms with E-state index in [1.54, 1.807) is 6.08 Å². The van der Waals surface area contributed by atoms with Gasteiger partial charge in [-0.1, -0.05) is 71.8 Å². The summed E-state index contributed by atoms with van der Waals surface area (Å²) in [6.45, 7) is 3.92. The summed E-state index contributed by atoms with van der Waals surface area (Å²) in [7, 11) is 0. The van der Waals surface area contributed by atoms with Crippen molar-refractivity contribution < 1.29 is 4.79 Å². The van der Waals surface area contributed by atoms with Crippen molar-refractivity contribution in [3.8, 4) is 6.07 Å². The summed E-state index contributed by atoms with van der Waals surface area (Å²) in [6, 6.07) is 23.2.